The number of carbonyl (C=O) groups is 1. The molecule has 0 aromatic heterocycles. The Morgan fingerprint density at radius 1 is 1.17 bits per heavy atom. The number of unbranched alkanes of at least 4 members (excludes halogenated alkanes) is 1. The summed E-state index contributed by atoms with van der Waals surface area (Å²) < 4.78 is 5.02. The van der Waals surface area contributed by atoms with Crippen LogP contribution in [0.2, 0.25) is 0 Å². The summed E-state index contributed by atoms with van der Waals surface area (Å²) in [4.78, 5) is 12.6. The molecule has 0 aromatic rings. The van der Waals surface area contributed by atoms with Crippen LogP contribution < -0.4 is 0 Å². The summed E-state index contributed by atoms with van der Waals surface area (Å²) in [5, 5.41) is 11.4. The van der Waals surface area contributed by atoms with E-state index in [2.05, 4.69) is 13.8 Å². The van der Waals surface area contributed by atoms with Crippen LogP contribution in [0.5, 0.6) is 0 Å². The number of esters is 1. The summed E-state index contributed by atoms with van der Waals surface area (Å²) >= 11 is 0. The van der Waals surface area contributed by atoms with Crippen LogP contribution in [0.15, 0.2) is 23.8 Å². The van der Waals surface area contributed by atoms with Crippen LogP contribution in [-0.4, -0.2) is 23.8 Å². The molecule has 1 rings (SSSR count). The molecule has 0 aliphatic heterocycles. The van der Waals surface area contributed by atoms with Crippen molar-refractivity contribution in [3.8, 4) is 0 Å². The molecule has 0 heterocycles. The van der Waals surface area contributed by atoms with Gasteiger partial charge in [0.25, 0.3) is 0 Å². The highest BCUT2D eigenvalue weighted by Crippen LogP contribution is 2.37. The molecule has 0 aromatic carbocycles. The van der Waals surface area contributed by atoms with E-state index in [1.165, 1.54) is 26.4 Å². The van der Waals surface area contributed by atoms with Crippen molar-refractivity contribution < 1.29 is 14.6 Å². The van der Waals surface area contributed by atoms with Gasteiger partial charge in [-0.3, -0.25) is 0 Å². The molecule has 3 nitrogen and oxygen atoms in total. The first kappa shape index (κ1) is 20.0. The predicted molar refractivity (Wildman–Crippen MR) is 95.2 cm³/mol. The molecule has 0 radical (unpaired) electrons. The molecule has 1 atom stereocenters. The molecular weight excluding hydrogens is 288 g/mol. The number of rotatable bonds is 7. The molecule has 1 aliphatic rings. The van der Waals surface area contributed by atoms with Crippen molar-refractivity contribution in [1.29, 1.82) is 0 Å². The lowest BCUT2D eigenvalue weighted by atomic mass is 9.74. The summed E-state index contributed by atoms with van der Waals surface area (Å²) in [6.45, 7) is 4.16. The van der Waals surface area contributed by atoms with Crippen molar-refractivity contribution >= 4 is 5.97 Å². The minimum atomic E-state index is -1.51. The first-order valence-corrected chi connectivity index (χ1v) is 9.29. The van der Waals surface area contributed by atoms with E-state index in [9.17, 15) is 9.90 Å². The molecule has 0 amide bonds. The molecule has 0 spiro atoms. The zero-order valence-electron chi connectivity index (χ0n) is 15.1. The van der Waals surface area contributed by atoms with Gasteiger partial charge in [0.05, 0.1) is 7.11 Å². The molecule has 132 valence electrons. The fourth-order valence-corrected chi connectivity index (χ4v) is 3.45. The van der Waals surface area contributed by atoms with E-state index in [0.29, 0.717) is 0 Å². The number of allylic oxidation sites excluding steroid dienone is 2. The van der Waals surface area contributed by atoms with Crippen LogP contribution in [0.3, 0.4) is 0 Å². The first-order chi connectivity index (χ1) is 11.1. The van der Waals surface area contributed by atoms with Gasteiger partial charge in [0, 0.05) is 5.92 Å². The Morgan fingerprint density at radius 2 is 1.78 bits per heavy atom. The molecular formula is C20H34O3. The van der Waals surface area contributed by atoms with Gasteiger partial charge >= 0.3 is 5.97 Å². The minimum Gasteiger partial charge on any atom is -0.467 e. The first-order valence-electron chi connectivity index (χ1n) is 9.29. The van der Waals surface area contributed by atoms with Crippen molar-refractivity contribution in [2.24, 2.45) is 5.92 Å². The Hall–Kier alpha value is -1.09. The maximum atomic E-state index is 12.6. The lowest BCUT2D eigenvalue weighted by Gasteiger charge is -2.36. The van der Waals surface area contributed by atoms with Gasteiger partial charge < -0.3 is 9.84 Å². The monoisotopic (exact) mass is 322 g/mol. The lowest BCUT2D eigenvalue weighted by Crippen LogP contribution is -2.48. The third-order valence-electron chi connectivity index (χ3n) is 4.82. The number of methoxy groups -OCH3 is 1. The lowest BCUT2D eigenvalue weighted by molar-refractivity contribution is -0.164. The van der Waals surface area contributed by atoms with Crippen molar-refractivity contribution in [2.75, 3.05) is 7.11 Å². The highest BCUT2D eigenvalue weighted by Gasteiger charge is 2.46. The zero-order valence-corrected chi connectivity index (χ0v) is 15.1. The average molecular weight is 322 g/mol. The summed E-state index contributed by atoms with van der Waals surface area (Å²) in [5.41, 5.74) is -0.786. The van der Waals surface area contributed by atoms with E-state index in [0.717, 1.165) is 50.5 Å². The molecule has 1 unspecified atom stereocenters. The molecule has 1 N–H and O–H groups in total. The Bertz CT molecular complexity index is 403. The second kappa shape index (κ2) is 10.6. The number of ether oxygens (including phenoxy) is 1. The number of aliphatic hydroxyl groups is 1. The van der Waals surface area contributed by atoms with Crippen molar-refractivity contribution in [3.05, 3.63) is 23.8 Å². The predicted octanol–water partition coefficient (Wildman–Crippen LogP) is 4.94. The average Bonchev–Trinajstić information content (AvgIpc) is 2.53. The van der Waals surface area contributed by atoms with Gasteiger partial charge in [-0.15, -0.1) is 0 Å². The van der Waals surface area contributed by atoms with Crippen LogP contribution in [0.4, 0.5) is 0 Å². The van der Waals surface area contributed by atoms with E-state index in [4.69, 9.17) is 4.74 Å². The molecule has 23 heavy (non-hydrogen) atoms. The van der Waals surface area contributed by atoms with Crippen LogP contribution in [-0.2, 0) is 9.53 Å². The number of hydrogen-bond acceptors (Lipinski definition) is 3. The molecule has 1 saturated carbocycles. The van der Waals surface area contributed by atoms with Gasteiger partial charge in [-0.05, 0) is 31.3 Å². The topological polar surface area (TPSA) is 46.5 Å². The Balaban J connectivity index is 3.19. The quantitative estimate of drug-likeness (QED) is 0.533. The van der Waals surface area contributed by atoms with E-state index in [-0.39, 0.29) is 5.92 Å². The highest BCUT2D eigenvalue weighted by atomic mass is 16.5. The normalized spacial score (nSPS) is 20.8. The van der Waals surface area contributed by atoms with E-state index in [1.54, 1.807) is 0 Å². The maximum Gasteiger partial charge on any atom is 0.342 e. The Labute approximate surface area is 141 Å². The van der Waals surface area contributed by atoms with E-state index >= 15 is 0 Å². The van der Waals surface area contributed by atoms with Gasteiger partial charge in [-0.25, -0.2) is 4.79 Å². The van der Waals surface area contributed by atoms with Crippen LogP contribution in [0.1, 0.15) is 78.1 Å². The van der Waals surface area contributed by atoms with Gasteiger partial charge in [-0.1, -0.05) is 70.6 Å². The summed E-state index contributed by atoms with van der Waals surface area (Å²) in [6.07, 6.45) is 16.2. The zero-order chi connectivity index (χ0) is 17.1. The van der Waals surface area contributed by atoms with Gasteiger partial charge in [0.1, 0.15) is 0 Å². The number of carbonyl (C=O) groups excluding carboxylic acids is 1. The van der Waals surface area contributed by atoms with Crippen molar-refractivity contribution in [1.82, 2.24) is 0 Å². The molecule has 1 fully saturated rings. The maximum absolute atomic E-state index is 12.6. The SMILES string of the molecule is CC/C=C\C(=CCCC)C(O)(C(=O)OC)C1CCCCCCC1. The van der Waals surface area contributed by atoms with Crippen LogP contribution in [0, 0.1) is 5.92 Å². The smallest absolute Gasteiger partial charge is 0.342 e. The molecule has 0 bridgehead atoms. The van der Waals surface area contributed by atoms with Crippen molar-refractivity contribution in [3.63, 3.8) is 0 Å². The number of hydrogen-bond donors (Lipinski definition) is 1. The largest absolute Gasteiger partial charge is 0.467 e. The van der Waals surface area contributed by atoms with Gasteiger partial charge in [0.15, 0.2) is 5.60 Å². The molecule has 3 heteroatoms. The second-order valence-corrected chi connectivity index (χ2v) is 6.56. The van der Waals surface area contributed by atoms with Gasteiger partial charge in [0.2, 0.25) is 0 Å². The highest BCUT2D eigenvalue weighted by molar-refractivity contribution is 5.84. The van der Waals surface area contributed by atoms with Crippen LogP contribution in [0.25, 0.3) is 0 Å². The van der Waals surface area contributed by atoms with E-state index < -0.39 is 11.6 Å². The third kappa shape index (κ3) is 5.49. The Kier molecular flexibility index (Phi) is 9.23. The fourth-order valence-electron chi connectivity index (χ4n) is 3.45. The van der Waals surface area contributed by atoms with E-state index in [1.807, 2.05) is 18.2 Å². The Morgan fingerprint density at radius 3 is 2.30 bits per heavy atom. The van der Waals surface area contributed by atoms with Gasteiger partial charge in [-0.2, -0.15) is 0 Å². The summed E-state index contributed by atoms with van der Waals surface area (Å²) in [7, 11) is 1.37. The minimum absolute atomic E-state index is 0.0557. The third-order valence-corrected chi connectivity index (χ3v) is 4.82. The summed E-state index contributed by atoms with van der Waals surface area (Å²) in [6, 6.07) is 0. The standard InChI is InChI=1S/C20H34O3/c1-4-6-13-17(14-7-5-2)20(22,19(21)23-3)18-15-11-9-8-10-12-16-18/h6,13-14,18,22H,4-5,7-12,15-16H2,1-3H3/b13-6-,17-14?. The molecule has 0 saturated heterocycles. The van der Waals surface area contributed by atoms with Crippen molar-refractivity contribution in [2.45, 2.75) is 83.7 Å². The fraction of sp³-hybridized carbons (Fsp3) is 0.750. The van der Waals surface area contributed by atoms with Crippen LogP contribution >= 0.6 is 0 Å². The summed E-state index contributed by atoms with van der Waals surface area (Å²) in [5.74, 6) is -0.564. The molecule has 1 aliphatic carbocycles. The second-order valence-electron chi connectivity index (χ2n) is 6.56.